The monoisotopic (exact) mass is 850 g/mol. The van der Waals surface area contributed by atoms with Gasteiger partial charge in [0.25, 0.3) is 0 Å². The molecular weight excluding hydrogens is 775 g/mol. The number of allylic oxidation sites excluding steroid dienone is 12. The van der Waals surface area contributed by atoms with Gasteiger partial charge in [0, 0.05) is 12.8 Å². The van der Waals surface area contributed by atoms with Crippen molar-refractivity contribution in [1.82, 2.24) is 0 Å². The Kier molecular flexibility index (Phi) is 38.1. The Balaban J connectivity index is 4.62. The number of unbranched alkanes of at least 4 members (excludes halogenated alkanes) is 10. The van der Waals surface area contributed by atoms with Crippen LogP contribution in [0, 0.1) is 0 Å². The molecule has 0 aromatic carbocycles. The molecule has 0 spiro atoms. The maximum absolute atomic E-state index is 12.6. The first kappa shape index (κ1) is 55.8. The maximum Gasteiger partial charge on any atom is 0.472 e. The molecule has 0 aliphatic heterocycles. The number of carbonyl (C=O) groups excluding carboxylic acids is 2. The summed E-state index contributed by atoms with van der Waals surface area (Å²) >= 11 is 0. The van der Waals surface area contributed by atoms with Gasteiger partial charge in [-0.3, -0.25) is 18.6 Å². The van der Waals surface area contributed by atoms with Crippen LogP contribution in [0.5, 0.6) is 0 Å². The zero-order chi connectivity index (χ0) is 43.7. The van der Waals surface area contributed by atoms with Crippen LogP contribution in [0.3, 0.4) is 0 Å². The molecule has 336 valence electrons. The predicted octanol–water partition coefficient (Wildman–Crippen LogP) is 9.16. The summed E-state index contributed by atoms with van der Waals surface area (Å²) in [6.07, 6.45) is 41.6. The van der Waals surface area contributed by atoms with Crippen LogP contribution in [0.15, 0.2) is 97.2 Å². The molecule has 0 saturated carbocycles. The number of aliphatic hydroxyl groups is 4. The topological polar surface area (TPSA) is 189 Å². The third kappa shape index (κ3) is 40.0. The molecule has 0 amide bonds. The number of hydrogen-bond donors (Lipinski definition) is 5. The molecule has 59 heavy (non-hydrogen) atoms. The molecule has 5 N–H and O–H groups in total. The van der Waals surface area contributed by atoms with Crippen molar-refractivity contribution >= 4 is 19.8 Å². The van der Waals surface area contributed by atoms with E-state index in [0.717, 1.165) is 44.9 Å². The lowest BCUT2D eigenvalue weighted by atomic mass is 10.1. The van der Waals surface area contributed by atoms with Gasteiger partial charge in [-0.1, -0.05) is 150 Å². The Morgan fingerprint density at radius 2 is 1.20 bits per heavy atom. The minimum absolute atomic E-state index is 0.0113. The molecule has 0 saturated heterocycles. The lowest BCUT2D eigenvalue weighted by Gasteiger charge is -2.20. The van der Waals surface area contributed by atoms with Gasteiger partial charge in [-0.05, 0) is 64.2 Å². The van der Waals surface area contributed by atoms with E-state index in [1.165, 1.54) is 25.7 Å². The molecule has 12 nitrogen and oxygen atoms in total. The molecule has 0 aliphatic carbocycles. The number of aliphatic hydroxyl groups excluding tert-OH is 4. The van der Waals surface area contributed by atoms with Crippen molar-refractivity contribution in [3.63, 3.8) is 0 Å². The van der Waals surface area contributed by atoms with Crippen LogP contribution >= 0.6 is 7.82 Å². The van der Waals surface area contributed by atoms with Crippen LogP contribution in [0.2, 0.25) is 0 Å². The SMILES string of the molecule is CC/C=C\C[C@H](O)/C=C/C=C\C/C=C\C=C\[C@H](O)/C=C\CCCC(=O)O[C@H](COC(=O)CCCCCCC/C=C\C=C/CCCCCC)COP(=O)(O)OC[C@@H](O)CO. The minimum Gasteiger partial charge on any atom is -0.462 e. The van der Waals surface area contributed by atoms with Gasteiger partial charge in [-0.25, -0.2) is 4.57 Å². The molecule has 0 rings (SSSR count). The first-order chi connectivity index (χ1) is 28.5. The molecule has 0 aliphatic rings. The molecule has 0 fully saturated rings. The van der Waals surface area contributed by atoms with Crippen molar-refractivity contribution in [2.45, 2.75) is 154 Å². The molecule has 0 bridgehead atoms. The van der Waals surface area contributed by atoms with Gasteiger partial charge in [-0.2, -0.15) is 0 Å². The second-order valence-electron chi connectivity index (χ2n) is 14.1. The Morgan fingerprint density at radius 1 is 0.610 bits per heavy atom. The van der Waals surface area contributed by atoms with Gasteiger partial charge in [0.1, 0.15) is 12.7 Å². The quantitative estimate of drug-likeness (QED) is 0.0130. The Morgan fingerprint density at radius 3 is 1.88 bits per heavy atom. The van der Waals surface area contributed by atoms with E-state index in [1.807, 2.05) is 49.5 Å². The Hall–Kier alpha value is -3.19. The van der Waals surface area contributed by atoms with Crippen molar-refractivity contribution < 1.29 is 58.0 Å². The first-order valence-electron chi connectivity index (χ1n) is 21.4. The molecular formula is C46H75O12P. The maximum atomic E-state index is 12.6. The van der Waals surface area contributed by atoms with Crippen molar-refractivity contribution in [3.8, 4) is 0 Å². The zero-order valence-corrected chi connectivity index (χ0v) is 36.5. The van der Waals surface area contributed by atoms with Crippen molar-refractivity contribution in [1.29, 1.82) is 0 Å². The summed E-state index contributed by atoms with van der Waals surface area (Å²) in [5.74, 6) is -1.14. The van der Waals surface area contributed by atoms with Gasteiger partial charge in [0.05, 0.1) is 32.0 Å². The predicted molar refractivity (Wildman–Crippen MR) is 235 cm³/mol. The summed E-state index contributed by atoms with van der Waals surface area (Å²) in [4.78, 5) is 35.0. The van der Waals surface area contributed by atoms with E-state index in [1.54, 1.807) is 30.4 Å². The lowest BCUT2D eigenvalue weighted by molar-refractivity contribution is -0.161. The fourth-order valence-corrected chi connectivity index (χ4v) is 5.86. The van der Waals surface area contributed by atoms with Crippen LogP contribution in [-0.2, 0) is 32.7 Å². The highest BCUT2D eigenvalue weighted by atomic mass is 31.2. The number of esters is 2. The second kappa shape index (κ2) is 40.2. The highest BCUT2D eigenvalue weighted by Crippen LogP contribution is 2.43. The molecule has 1 unspecified atom stereocenters. The summed E-state index contributed by atoms with van der Waals surface area (Å²) in [6, 6.07) is 0. The van der Waals surface area contributed by atoms with Crippen molar-refractivity contribution in [3.05, 3.63) is 97.2 Å². The van der Waals surface area contributed by atoms with E-state index in [0.29, 0.717) is 32.1 Å². The number of hydrogen-bond acceptors (Lipinski definition) is 11. The molecule has 0 radical (unpaired) electrons. The van der Waals surface area contributed by atoms with E-state index < -0.39 is 70.6 Å². The fourth-order valence-electron chi connectivity index (χ4n) is 5.08. The fraction of sp³-hybridized carbons (Fsp3) is 0.609. The minimum atomic E-state index is -4.68. The Labute approximate surface area is 354 Å². The average Bonchev–Trinajstić information content (AvgIpc) is 3.21. The van der Waals surface area contributed by atoms with Gasteiger partial charge in [0.2, 0.25) is 0 Å². The first-order valence-corrected chi connectivity index (χ1v) is 22.9. The van der Waals surface area contributed by atoms with Gasteiger partial charge < -0.3 is 34.8 Å². The number of ether oxygens (including phenoxy) is 2. The van der Waals surface area contributed by atoms with E-state index in [-0.39, 0.29) is 12.8 Å². The highest BCUT2D eigenvalue weighted by molar-refractivity contribution is 7.47. The highest BCUT2D eigenvalue weighted by Gasteiger charge is 2.27. The van der Waals surface area contributed by atoms with E-state index in [4.69, 9.17) is 19.1 Å². The molecule has 0 aromatic rings. The Bertz CT molecular complexity index is 1330. The van der Waals surface area contributed by atoms with Gasteiger partial charge in [-0.15, -0.1) is 0 Å². The summed E-state index contributed by atoms with van der Waals surface area (Å²) in [5, 5.41) is 38.3. The summed E-state index contributed by atoms with van der Waals surface area (Å²) in [5.41, 5.74) is 0. The third-order valence-electron chi connectivity index (χ3n) is 8.43. The third-order valence-corrected chi connectivity index (χ3v) is 9.38. The number of rotatable bonds is 38. The van der Waals surface area contributed by atoms with E-state index in [9.17, 15) is 34.4 Å². The van der Waals surface area contributed by atoms with Crippen LogP contribution in [0.1, 0.15) is 129 Å². The van der Waals surface area contributed by atoms with Crippen molar-refractivity contribution in [2.75, 3.05) is 26.4 Å². The van der Waals surface area contributed by atoms with Gasteiger partial charge >= 0.3 is 19.8 Å². The average molecular weight is 851 g/mol. The largest absolute Gasteiger partial charge is 0.472 e. The van der Waals surface area contributed by atoms with E-state index >= 15 is 0 Å². The number of phosphoric acid groups is 1. The molecule has 13 heteroatoms. The zero-order valence-electron chi connectivity index (χ0n) is 35.6. The number of carbonyl (C=O) groups is 2. The van der Waals surface area contributed by atoms with Crippen LogP contribution in [0.4, 0.5) is 0 Å². The van der Waals surface area contributed by atoms with Crippen LogP contribution in [-0.4, -0.2) is 88.1 Å². The summed E-state index contributed by atoms with van der Waals surface area (Å²) in [6.45, 7) is 1.90. The molecule has 5 atom stereocenters. The lowest BCUT2D eigenvalue weighted by Crippen LogP contribution is -2.29. The second-order valence-corrected chi connectivity index (χ2v) is 15.5. The van der Waals surface area contributed by atoms with Crippen LogP contribution in [0.25, 0.3) is 0 Å². The normalized spacial score (nSPS) is 15.8. The summed E-state index contributed by atoms with van der Waals surface area (Å²) in [7, 11) is -4.68. The molecule has 0 heterocycles. The van der Waals surface area contributed by atoms with Gasteiger partial charge in [0.15, 0.2) is 6.10 Å². The number of phosphoric ester groups is 1. The van der Waals surface area contributed by atoms with Crippen LogP contribution < -0.4 is 0 Å². The standard InChI is InChI=1S/C46H75O12P/c1-3-5-7-8-9-10-11-12-13-14-15-16-20-23-29-35-45(51)55-39-44(40-57-59(53,54)56-38-43(50)37-47)58-46(52)36-30-24-28-34-42(49)33-27-22-19-17-18-21-26-32-41(48)31-25-6-4-2/h6,10-13,18-19,21-22,25-28,32-34,41-44,47-50H,3-5,7-9,14-17,20,23-24,29-31,35-40H2,1-2H3,(H,53,54)/b11-10-,13-12-,21-18-,22-19-,25-6-,32-26+,33-27+,34-28-/t41-,42-,43-,44+/m0/s1. The van der Waals surface area contributed by atoms with E-state index in [2.05, 4.69) is 35.8 Å². The summed E-state index contributed by atoms with van der Waals surface area (Å²) < 4.78 is 32.5. The van der Waals surface area contributed by atoms with Crippen molar-refractivity contribution in [2.24, 2.45) is 0 Å². The smallest absolute Gasteiger partial charge is 0.462 e. The molecule has 0 aromatic heterocycles.